The number of methoxy groups -OCH3 is 1. The first-order chi connectivity index (χ1) is 9.60. The topological polar surface area (TPSA) is 42.1 Å². The van der Waals surface area contributed by atoms with E-state index < -0.39 is 0 Å². The minimum Gasteiger partial charge on any atom is -0.469 e. The molecule has 102 valence electrons. The Labute approximate surface area is 121 Å². The highest BCUT2D eigenvalue weighted by Crippen LogP contribution is 2.30. The van der Waals surface area contributed by atoms with E-state index in [0.29, 0.717) is 5.02 Å². The number of aromatic nitrogens is 1. The van der Waals surface area contributed by atoms with E-state index in [1.807, 2.05) is 43.3 Å². The minimum absolute atomic E-state index is 0.233. The lowest BCUT2D eigenvalue weighted by molar-refractivity contribution is -0.141. The molecule has 0 saturated carbocycles. The van der Waals surface area contributed by atoms with Gasteiger partial charge < -0.3 is 9.72 Å². The molecular formula is C16H14ClNO2. The molecule has 0 amide bonds. The van der Waals surface area contributed by atoms with Crippen LogP contribution in [0.2, 0.25) is 5.02 Å². The monoisotopic (exact) mass is 287 g/mol. The maximum atomic E-state index is 11.6. The molecule has 0 radical (unpaired) electrons. The third-order valence-electron chi connectivity index (χ3n) is 3.64. The van der Waals surface area contributed by atoms with Gasteiger partial charge in [0.2, 0.25) is 0 Å². The van der Waals surface area contributed by atoms with Gasteiger partial charge in [0.15, 0.2) is 0 Å². The average molecular weight is 288 g/mol. The molecule has 0 aliphatic heterocycles. The number of halogens is 1. The molecule has 1 N–H and O–H groups in total. The number of aromatic amines is 1. The second kappa shape index (κ2) is 4.84. The van der Waals surface area contributed by atoms with Crippen LogP contribution in [-0.2, 0) is 9.53 Å². The molecule has 1 aromatic heterocycles. The summed E-state index contributed by atoms with van der Waals surface area (Å²) in [6, 6.07) is 11.7. The number of carbonyl (C=O) groups excluding carboxylic acids is 1. The molecule has 0 spiro atoms. The first kappa shape index (κ1) is 13.0. The van der Waals surface area contributed by atoms with Crippen molar-refractivity contribution in [2.45, 2.75) is 12.8 Å². The van der Waals surface area contributed by atoms with Gasteiger partial charge in [0.1, 0.15) is 0 Å². The van der Waals surface area contributed by atoms with Crippen LogP contribution in [-0.4, -0.2) is 18.1 Å². The van der Waals surface area contributed by atoms with Crippen molar-refractivity contribution in [3.05, 3.63) is 47.0 Å². The third kappa shape index (κ3) is 2.04. The van der Waals surface area contributed by atoms with Gasteiger partial charge >= 0.3 is 5.97 Å². The van der Waals surface area contributed by atoms with E-state index in [-0.39, 0.29) is 11.9 Å². The largest absolute Gasteiger partial charge is 0.469 e. The molecule has 0 unspecified atom stereocenters. The van der Waals surface area contributed by atoms with Crippen molar-refractivity contribution in [3.63, 3.8) is 0 Å². The number of rotatable bonds is 2. The van der Waals surface area contributed by atoms with Gasteiger partial charge in [-0.1, -0.05) is 23.7 Å². The lowest BCUT2D eigenvalue weighted by atomic mass is 10.00. The molecule has 2 aromatic carbocycles. The first-order valence-electron chi connectivity index (χ1n) is 6.39. The van der Waals surface area contributed by atoms with Gasteiger partial charge in [0, 0.05) is 26.8 Å². The van der Waals surface area contributed by atoms with E-state index in [4.69, 9.17) is 16.3 Å². The Morgan fingerprint density at radius 3 is 2.70 bits per heavy atom. The summed E-state index contributed by atoms with van der Waals surface area (Å²) in [4.78, 5) is 15.0. The van der Waals surface area contributed by atoms with Crippen molar-refractivity contribution in [1.29, 1.82) is 0 Å². The third-order valence-corrected chi connectivity index (χ3v) is 3.87. The number of H-pyrrole nitrogens is 1. The van der Waals surface area contributed by atoms with Crippen LogP contribution in [0, 0.1) is 0 Å². The standard InChI is InChI=1S/C16H14ClNO2/c1-9(16(19)20-2)10-3-5-12-13-8-11(17)4-6-14(13)18-15(12)7-10/h3-9,18H,1-2H3/t9-/m0/s1. The lowest BCUT2D eigenvalue weighted by Crippen LogP contribution is -2.10. The van der Waals surface area contributed by atoms with Crippen molar-refractivity contribution in [1.82, 2.24) is 4.98 Å². The highest BCUT2D eigenvalue weighted by Gasteiger charge is 2.16. The van der Waals surface area contributed by atoms with E-state index in [1.165, 1.54) is 7.11 Å². The highest BCUT2D eigenvalue weighted by atomic mass is 35.5. The number of esters is 1. The van der Waals surface area contributed by atoms with Crippen molar-refractivity contribution in [2.75, 3.05) is 7.11 Å². The Kier molecular flexibility index (Phi) is 3.14. The van der Waals surface area contributed by atoms with Gasteiger partial charge in [-0.3, -0.25) is 4.79 Å². The quantitative estimate of drug-likeness (QED) is 0.716. The number of hydrogen-bond acceptors (Lipinski definition) is 2. The maximum absolute atomic E-state index is 11.6. The summed E-state index contributed by atoms with van der Waals surface area (Å²) in [5, 5.41) is 2.90. The summed E-state index contributed by atoms with van der Waals surface area (Å²) < 4.78 is 4.79. The number of nitrogens with one attached hydrogen (secondary N) is 1. The second-order valence-corrected chi connectivity index (χ2v) is 5.30. The minimum atomic E-state index is -0.278. The SMILES string of the molecule is COC(=O)[C@@H](C)c1ccc2c(c1)[nH]c1ccc(Cl)cc12. The molecule has 3 nitrogen and oxygen atoms in total. The molecule has 0 fully saturated rings. The van der Waals surface area contributed by atoms with Crippen molar-refractivity contribution >= 4 is 39.4 Å². The Bertz CT molecular complexity index is 807. The number of hydrogen-bond donors (Lipinski definition) is 1. The van der Waals surface area contributed by atoms with E-state index in [0.717, 1.165) is 27.4 Å². The van der Waals surface area contributed by atoms with Crippen LogP contribution in [0.3, 0.4) is 0 Å². The zero-order valence-electron chi connectivity index (χ0n) is 11.2. The predicted octanol–water partition coefficient (Wildman–Crippen LogP) is 4.25. The summed E-state index contributed by atoms with van der Waals surface area (Å²) >= 11 is 6.04. The van der Waals surface area contributed by atoms with E-state index in [1.54, 1.807) is 0 Å². The second-order valence-electron chi connectivity index (χ2n) is 4.86. The number of ether oxygens (including phenoxy) is 1. The van der Waals surface area contributed by atoms with E-state index in [9.17, 15) is 4.79 Å². The fraction of sp³-hybridized carbons (Fsp3) is 0.188. The predicted molar refractivity (Wildman–Crippen MR) is 81.2 cm³/mol. The lowest BCUT2D eigenvalue weighted by Gasteiger charge is -2.09. The highest BCUT2D eigenvalue weighted by molar-refractivity contribution is 6.31. The number of carbonyl (C=O) groups is 1. The molecule has 20 heavy (non-hydrogen) atoms. The number of benzene rings is 2. The van der Waals surface area contributed by atoms with Gasteiger partial charge in [-0.2, -0.15) is 0 Å². The van der Waals surface area contributed by atoms with Crippen molar-refractivity contribution in [3.8, 4) is 0 Å². The molecule has 0 aliphatic carbocycles. The molecule has 3 rings (SSSR count). The van der Waals surface area contributed by atoms with Gasteiger partial charge in [-0.15, -0.1) is 0 Å². The molecule has 4 heteroatoms. The van der Waals surface area contributed by atoms with Gasteiger partial charge in [-0.05, 0) is 36.8 Å². The van der Waals surface area contributed by atoms with Crippen LogP contribution < -0.4 is 0 Å². The summed E-state index contributed by atoms with van der Waals surface area (Å²) in [5.41, 5.74) is 2.96. The molecular weight excluding hydrogens is 274 g/mol. The molecule has 1 heterocycles. The smallest absolute Gasteiger partial charge is 0.312 e. The van der Waals surface area contributed by atoms with E-state index in [2.05, 4.69) is 4.98 Å². The van der Waals surface area contributed by atoms with Gasteiger partial charge in [-0.25, -0.2) is 0 Å². The number of fused-ring (bicyclic) bond motifs is 3. The van der Waals surface area contributed by atoms with Crippen LogP contribution in [0.5, 0.6) is 0 Å². The van der Waals surface area contributed by atoms with Crippen LogP contribution >= 0.6 is 11.6 Å². The zero-order chi connectivity index (χ0) is 14.3. The summed E-state index contributed by atoms with van der Waals surface area (Å²) in [5.74, 6) is -0.511. The van der Waals surface area contributed by atoms with Crippen molar-refractivity contribution < 1.29 is 9.53 Å². The van der Waals surface area contributed by atoms with E-state index >= 15 is 0 Å². The van der Waals surface area contributed by atoms with Crippen LogP contribution in [0.1, 0.15) is 18.4 Å². The molecule has 0 saturated heterocycles. The summed E-state index contributed by atoms with van der Waals surface area (Å²) in [7, 11) is 1.41. The van der Waals surface area contributed by atoms with Crippen molar-refractivity contribution in [2.24, 2.45) is 0 Å². The fourth-order valence-electron chi connectivity index (χ4n) is 2.48. The van der Waals surface area contributed by atoms with Gasteiger partial charge in [0.25, 0.3) is 0 Å². The molecule has 0 aliphatic rings. The first-order valence-corrected chi connectivity index (χ1v) is 6.76. The Morgan fingerprint density at radius 1 is 1.15 bits per heavy atom. The Hall–Kier alpha value is -2.00. The van der Waals surface area contributed by atoms with Crippen LogP contribution in [0.4, 0.5) is 0 Å². The van der Waals surface area contributed by atoms with Crippen LogP contribution in [0.25, 0.3) is 21.8 Å². The summed E-state index contributed by atoms with van der Waals surface area (Å²) in [6.07, 6.45) is 0. The normalized spacial score (nSPS) is 12.8. The Morgan fingerprint density at radius 2 is 1.95 bits per heavy atom. The van der Waals surface area contributed by atoms with Crippen LogP contribution in [0.15, 0.2) is 36.4 Å². The molecule has 1 atom stereocenters. The Balaban J connectivity index is 2.17. The molecule has 3 aromatic rings. The summed E-state index contributed by atoms with van der Waals surface area (Å²) in [6.45, 7) is 1.84. The maximum Gasteiger partial charge on any atom is 0.312 e. The van der Waals surface area contributed by atoms with Gasteiger partial charge in [0.05, 0.1) is 13.0 Å². The zero-order valence-corrected chi connectivity index (χ0v) is 12.0. The average Bonchev–Trinajstić information content (AvgIpc) is 2.82. The fourth-order valence-corrected chi connectivity index (χ4v) is 2.65. The molecule has 0 bridgehead atoms.